The molecule has 1 aliphatic rings. The average molecular weight is 324 g/mol. The molecule has 1 fully saturated rings. The fourth-order valence-electron chi connectivity index (χ4n) is 3.10. The van der Waals surface area contributed by atoms with Gasteiger partial charge in [0, 0.05) is 25.9 Å². The van der Waals surface area contributed by atoms with Crippen LogP contribution in [0.25, 0.3) is 0 Å². The summed E-state index contributed by atoms with van der Waals surface area (Å²) in [5, 5.41) is 0. The van der Waals surface area contributed by atoms with Crippen LogP contribution in [0.4, 0.5) is 0 Å². The van der Waals surface area contributed by atoms with E-state index in [9.17, 15) is 4.79 Å². The molecule has 0 radical (unpaired) electrons. The van der Waals surface area contributed by atoms with E-state index in [2.05, 4.69) is 0 Å². The molecule has 1 amide bonds. The van der Waals surface area contributed by atoms with Crippen molar-refractivity contribution in [1.29, 1.82) is 0 Å². The van der Waals surface area contributed by atoms with E-state index in [0.29, 0.717) is 13.1 Å². The summed E-state index contributed by atoms with van der Waals surface area (Å²) >= 11 is 0. The third-order valence-corrected chi connectivity index (χ3v) is 4.59. The third-order valence-electron chi connectivity index (χ3n) is 4.59. The number of carbonyl (C=O) groups excluding carboxylic acids is 1. The fraction of sp³-hybridized carbons (Fsp3) is 0.350. The second-order valence-electron chi connectivity index (χ2n) is 6.49. The molecule has 126 valence electrons. The molecule has 1 heterocycles. The standard InChI is InChI=1S/C20H24N2O2/c1-20(21,16-8-4-2-5-9-16)19(23)22-14-12-18(13-15-22)24-17-10-6-3-7-11-17/h2-11,18H,12-15,21H2,1H3. The number of hydrogen-bond acceptors (Lipinski definition) is 3. The molecule has 2 aromatic carbocycles. The van der Waals surface area contributed by atoms with Crippen molar-refractivity contribution in [3.05, 3.63) is 66.2 Å². The van der Waals surface area contributed by atoms with Gasteiger partial charge in [0.15, 0.2) is 0 Å². The maximum Gasteiger partial charge on any atom is 0.246 e. The van der Waals surface area contributed by atoms with Crippen LogP contribution in [-0.4, -0.2) is 30.0 Å². The SMILES string of the molecule is CC(N)(C(=O)N1CCC(Oc2ccccc2)CC1)c1ccccc1. The second-order valence-corrected chi connectivity index (χ2v) is 6.49. The Bertz CT molecular complexity index is 663. The molecule has 1 atom stereocenters. The van der Waals surface area contributed by atoms with E-state index < -0.39 is 5.54 Å². The van der Waals surface area contributed by atoms with Crippen LogP contribution in [0.5, 0.6) is 5.75 Å². The summed E-state index contributed by atoms with van der Waals surface area (Å²) in [6, 6.07) is 19.4. The molecule has 24 heavy (non-hydrogen) atoms. The zero-order chi connectivity index (χ0) is 17.0. The molecule has 1 saturated heterocycles. The minimum atomic E-state index is -0.992. The first-order chi connectivity index (χ1) is 11.6. The first-order valence-electron chi connectivity index (χ1n) is 8.43. The highest BCUT2D eigenvalue weighted by atomic mass is 16.5. The van der Waals surface area contributed by atoms with Gasteiger partial charge in [0.2, 0.25) is 5.91 Å². The van der Waals surface area contributed by atoms with Gasteiger partial charge in [-0.25, -0.2) is 0 Å². The Morgan fingerprint density at radius 2 is 1.58 bits per heavy atom. The van der Waals surface area contributed by atoms with Crippen molar-refractivity contribution in [2.75, 3.05) is 13.1 Å². The summed E-state index contributed by atoms with van der Waals surface area (Å²) < 4.78 is 5.98. The maximum absolute atomic E-state index is 12.8. The number of nitrogens with zero attached hydrogens (tertiary/aromatic N) is 1. The highest BCUT2D eigenvalue weighted by molar-refractivity contribution is 5.87. The van der Waals surface area contributed by atoms with Gasteiger partial charge < -0.3 is 15.4 Å². The van der Waals surface area contributed by atoms with Crippen LogP contribution in [0.15, 0.2) is 60.7 Å². The number of benzene rings is 2. The largest absolute Gasteiger partial charge is 0.490 e. The number of rotatable bonds is 4. The summed E-state index contributed by atoms with van der Waals surface area (Å²) in [4.78, 5) is 14.7. The lowest BCUT2D eigenvalue weighted by Crippen LogP contribution is -2.53. The quantitative estimate of drug-likeness (QED) is 0.941. The van der Waals surface area contributed by atoms with Gasteiger partial charge in [-0.1, -0.05) is 48.5 Å². The fourth-order valence-corrected chi connectivity index (χ4v) is 3.10. The maximum atomic E-state index is 12.8. The molecule has 4 nitrogen and oxygen atoms in total. The van der Waals surface area contributed by atoms with Crippen molar-refractivity contribution in [2.24, 2.45) is 5.73 Å². The van der Waals surface area contributed by atoms with Gasteiger partial charge in [-0.05, 0) is 24.6 Å². The van der Waals surface area contributed by atoms with E-state index in [-0.39, 0.29) is 12.0 Å². The van der Waals surface area contributed by atoms with Crippen LogP contribution >= 0.6 is 0 Å². The summed E-state index contributed by atoms with van der Waals surface area (Å²) in [6.45, 7) is 3.14. The minimum absolute atomic E-state index is 0.0214. The van der Waals surface area contributed by atoms with Crippen LogP contribution in [0.2, 0.25) is 0 Å². The predicted octanol–water partition coefficient (Wildman–Crippen LogP) is 2.93. The molecule has 0 spiro atoms. The van der Waals surface area contributed by atoms with Crippen LogP contribution in [-0.2, 0) is 10.3 Å². The monoisotopic (exact) mass is 324 g/mol. The zero-order valence-corrected chi connectivity index (χ0v) is 14.0. The van der Waals surface area contributed by atoms with Gasteiger partial charge in [-0.2, -0.15) is 0 Å². The van der Waals surface area contributed by atoms with Gasteiger partial charge in [-0.3, -0.25) is 4.79 Å². The van der Waals surface area contributed by atoms with Crippen molar-refractivity contribution in [2.45, 2.75) is 31.4 Å². The normalized spacial score (nSPS) is 18.0. The summed E-state index contributed by atoms with van der Waals surface area (Å²) in [5.74, 6) is 0.863. The number of amides is 1. The number of piperidine rings is 1. The van der Waals surface area contributed by atoms with Crippen LogP contribution < -0.4 is 10.5 Å². The zero-order valence-electron chi connectivity index (χ0n) is 14.0. The van der Waals surface area contributed by atoms with Crippen molar-refractivity contribution in [3.8, 4) is 5.75 Å². The Labute approximate surface area is 143 Å². The van der Waals surface area contributed by atoms with Crippen molar-refractivity contribution < 1.29 is 9.53 Å². The number of ether oxygens (including phenoxy) is 1. The van der Waals surface area contributed by atoms with Gasteiger partial charge in [0.05, 0.1) is 0 Å². The van der Waals surface area contributed by atoms with E-state index in [4.69, 9.17) is 10.5 Å². The number of carbonyl (C=O) groups is 1. The van der Waals surface area contributed by atoms with Crippen molar-refractivity contribution in [1.82, 2.24) is 4.90 Å². The molecule has 1 unspecified atom stereocenters. The lowest BCUT2D eigenvalue weighted by molar-refractivity contribution is -0.138. The summed E-state index contributed by atoms with van der Waals surface area (Å²) in [7, 11) is 0. The summed E-state index contributed by atoms with van der Waals surface area (Å²) in [6.07, 6.45) is 1.80. The molecule has 4 heteroatoms. The van der Waals surface area contributed by atoms with Gasteiger partial charge in [0.25, 0.3) is 0 Å². The number of para-hydroxylation sites is 1. The van der Waals surface area contributed by atoms with Crippen LogP contribution in [0.3, 0.4) is 0 Å². The Morgan fingerprint density at radius 1 is 1.04 bits per heavy atom. The Hall–Kier alpha value is -2.33. The lowest BCUT2D eigenvalue weighted by atomic mass is 9.90. The van der Waals surface area contributed by atoms with Gasteiger partial charge >= 0.3 is 0 Å². The third kappa shape index (κ3) is 3.60. The van der Waals surface area contributed by atoms with E-state index in [1.165, 1.54) is 0 Å². The molecule has 2 aromatic rings. The molecule has 0 bridgehead atoms. The highest BCUT2D eigenvalue weighted by Crippen LogP contribution is 2.24. The molecular formula is C20H24N2O2. The topological polar surface area (TPSA) is 55.6 Å². The average Bonchev–Trinajstić information content (AvgIpc) is 2.63. The molecular weight excluding hydrogens is 300 g/mol. The van der Waals surface area contributed by atoms with Gasteiger partial charge in [-0.15, -0.1) is 0 Å². The van der Waals surface area contributed by atoms with Crippen LogP contribution in [0.1, 0.15) is 25.3 Å². The van der Waals surface area contributed by atoms with Gasteiger partial charge in [0.1, 0.15) is 17.4 Å². The van der Waals surface area contributed by atoms with E-state index in [1.807, 2.05) is 65.6 Å². The van der Waals surface area contributed by atoms with Crippen molar-refractivity contribution >= 4 is 5.91 Å². The highest BCUT2D eigenvalue weighted by Gasteiger charge is 2.36. The number of hydrogen-bond donors (Lipinski definition) is 1. The number of likely N-dealkylation sites (tertiary alicyclic amines) is 1. The van der Waals surface area contributed by atoms with E-state index in [1.54, 1.807) is 6.92 Å². The van der Waals surface area contributed by atoms with E-state index >= 15 is 0 Å². The van der Waals surface area contributed by atoms with E-state index in [0.717, 1.165) is 24.2 Å². The minimum Gasteiger partial charge on any atom is -0.490 e. The molecule has 3 rings (SSSR count). The van der Waals surface area contributed by atoms with Crippen LogP contribution in [0, 0.1) is 0 Å². The Balaban J connectivity index is 1.59. The molecule has 0 saturated carbocycles. The molecule has 0 aliphatic carbocycles. The lowest BCUT2D eigenvalue weighted by Gasteiger charge is -2.37. The molecule has 2 N–H and O–H groups in total. The molecule has 1 aliphatic heterocycles. The van der Waals surface area contributed by atoms with Crippen molar-refractivity contribution in [3.63, 3.8) is 0 Å². The Morgan fingerprint density at radius 3 is 2.17 bits per heavy atom. The number of nitrogens with two attached hydrogens (primary N) is 1. The predicted molar refractivity (Wildman–Crippen MR) is 94.7 cm³/mol. The smallest absolute Gasteiger partial charge is 0.246 e. The first kappa shape index (κ1) is 16.5. The second kappa shape index (κ2) is 7.05. The first-order valence-corrected chi connectivity index (χ1v) is 8.43. The summed E-state index contributed by atoms with van der Waals surface area (Å²) in [5.41, 5.74) is 6.20. The molecule has 0 aromatic heterocycles. The Kier molecular flexibility index (Phi) is 4.86.